The van der Waals surface area contributed by atoms with Gasteiger partial charge >= 0.3 is 5.97 Å². The normalized spacial score (nSPS) is 22.3. The van der Waals surface area contributed by atoms with Gasteiger partial charge in [0.2, 0.25) is 0 Å². The van der Waals surface area contributed by atoms with Crippen molar-refractivity contribution in [1.82, 2.24) is 24.8 Å². The number of halogens is 3. The summed E-state index contributed by atoms with van der Waals surface area (Å²) in [5.41, 5.74) is 2.98. The molecule has 2 aliphatic rings. The Morgan fingerprint density at radius 3 is 2.64 bits per heavy atom. The SMILES string of the molecule is C[C@@H]1CN(C(=O)C2Cc3ccc(Br)cc3C(=O)O2)C[C@H](C)N1Cc1cn(-c2cc(Cl)ccc2Br)nn1. The molecule has 0 spiro atoms. The molecule has 0 bridgehead atoms. The van der Waals surface area contributed by atoms with Gasteiger partial charge in [-0.1, -0.05) is 38.8 Å². The van der Waals surface area contributed by atoms with Gasteiger partial charge in [-0.2, -0.15) is 0 Å². The van der Waals surface area contributed by atoms with Crippen LogP contribution in [0.2, 0.25) is 5.02 Å². The number of nitrogens with zero attached hydrogens (tertiary/aromatic N) is 5. The van der Waals surface area contributed by atoms with Crippen LogP contribution in [0.5, 0.6) is 0 Å². The smallest absolute Gasteiger partial charge is 0.339 e. The number of piperazine rings is 1. The number of hydrogen-bond donors (Lipinski definition) is 0. The lowest BCUT2D eigenvalue weighted by Crippen LogP contribution is -2.59. The average molecular weight is 638 g/mol. The zero-order chi connectivity index (χ0) is 25.6. The second-order valence-corrected chi connectivity index (χ2v) is 11.5. The maximum Gasteiger partial charge on any atom is 0.339 e. The van der Waals surface area contributed by atoms with E-state index >= 15 is 0 Å². The number of cyclic esters (lactones) is 1. The van der Waals surface area contributed by atoms with Crippen molar-refractivity contribution in [2.75, 3.05) is 13.1 Å². The lowest BCUT2D eigenvalue weighted by atomic mass is 9.97. The van der Waals surface area contributed by atoms with Crippen LogP contribution in [0, 0.1) is 0 Å². The number of carbonyl (C=O) groups is 2. The van der Waals surface area contributed by atoms with Gasteiger partial charge in [-0.15, -0.1) is 5.10 Å². The molecule has 1 fully saturated rings. The van der Waals surface area contributed by atoms with E-state index in [4.69, 9.17) is 16.3 Å². The fourth-order valence-electron chi connectivity index (χ4n) is 4.88. The highest BCUT2D eigenvalue weighted by molar-refractivity contribution is 9.10. The molecule has 1 saturated heterocycles. The number of benzene rings is 2. The molecule has 0 saturated carbocycles. The van der Waals surface area contributed by atoms with Crippen LogP contribution in [0.3, 0.4) is 0 Å². The molecular weight excluding hydrogens is 614 g/mol. The van der Waals surface area contributed by atoms with Crippen molar-refractivity contribution in [3.8, 4) is 5.69 Å². The van der Waals surface area contributed by atoms with Crippen molar-refractivity contribution in [3.05, 3.63) is 73.4 Å². The molecule has 2 aromatic carbocycles. The highest BCUT2D eigenvalue weighted by atomic mass is 79.9. The molecule has 1 unspecified atom stereocenters. The minimum atomic E-state index is -0.798. The molecule has 0 aliphatic carbocycles. The van der Waals surface area contributed by atoms with E-state index in [0.717, 1.165) is 25.9 Å². The summed E-state index contributed by atoms with van der Waals surface area (Å²) in [6.07, 6.45) is 1.48. The first kappa shape index (κ1) is 25.4. The fourth-order valence-corrected chi connectivity index (χ4v) is 5.83. The number of fused-ring (bicyclic) bond motifs is 1. The van der Waals surface area contributed by atoms with Crippen LogP contribution in [0.15, 0.2) is 51.5 Å². The highest BCUT2D eigenvalue weighted by Crippen LogP contribution is 2.28. The zero-order valence-electron chi connectivity index (χ0n) is 19.7. The Hall–Kier alpha value is -2.27. The molecule has 5 rings (SSSR count). The van der Waals surface area contributed by atoms with Gasteiger partial charge in [0.05, 0.1) is 23.1 Å². The number of rotatable bonds is 4. The summed E-state index contributed by atoms with van der Waals surface area (Å²) in [5, 5.41) is 9.25. The molecular formula is C25H24Br2ClN5O3. The lowest BCUT2D eigenvalue weighted by Gasteiger charge is -2.45. The number of carbonyl (C=O) groups excluding carboxylic acids is 2. The Morgan fingerprint density at radius 2 is 1.89 bits per heavy atom. The first-order chi connectivity index (χ1) is 17.2. The molecule has 36 heavy (non-hydrogen) atoms. The van der Waals surface area contributed by atoms with Crippen LogP contribution in [0.1, 0.15) is 35.5 Å². The van der Waals surface area contributed by atoms with E-state index in [1.165, 1.54) is 0 Å². The van der Waals surface area contributed by atoms with Gasteiger partial charge in [-0.3, -0.25) is 9.69 Å². The molecule has 3 atom stereocenters. The minimum Gasteiger partial charge on any atom is -0.448 e. The predicted molar refractivity (Wildman–Crippen MR) is 142 cm³/mol. The maximum absolute atomic E-state index is 13.3. The van der Waals surface area contributed by atoms with Crippen molar-refractivity contribution in [1.29, 1.82) is 0 Å². The Labute approximate surface area is 230 Å². The maximum atomic E-state index is 13.3. The Kier molecular flexibility index (Phi) is 7.22. The van der Waals surface area contributed by atoms with Crippen molar-refractivity contribution in [2.45, 2.75) is 45.0 Å². The van der Waals surface area contributed by atoms with Crippen LogP contribution in [0.25, 0.3) is 5.69 Å². The van der Waals surface area contributed by atoms with Crippen molar-refractivity contribution in [3.63, 3.8) is 0 Å². The lowest BCUT2D eigenvalue weighted by molar-refractivity contribution is -0.145. The van der Waals surface area contributed by atoms with Gasteiger partial charge in [-0.05, 0) is 65.7 Å². The number of amides is 1. The molecule has 11 heteroatoms. The van der Waals surface area contributed by atoms with Gasteiger partial charge in [0.15, 0.2) is 6.10 Å². The topological polar surface area (TPSA) is 80.6 Å². The van der Waals surface area contributed by atoms with Crippen molar-refractivity contribution < 1.29 is 14.3 Å². The van der Waals surface area contributed by atoms with Gasteiger partial charge in [0.25, 0.3) is 5.91 Å². The van der Waals surface area contributed by atoms with Gasteiger partial charge < -0.3 is 9.64 Å². The third-order valence-corrected chi connectivity index (χ3v) is 8.07. The van der Waals surface area contributed by atoms with E-state index in [2.05, 4.69) is 60.9 Å². The second-order valence-electron chi connectivity index (χ2n) is 9.26. The summed E-state index contributed by atoms with van der Waals surface area (Å²) in [6.45, 7) is 5.86. The third-order valence-electron chi connectivity index (χ3n) is 6.68. The predicted octanol–water partition coefficient (Wildman–Crippen LogP) is 4.65. The van der Waals surface area contributed by atoms with E-state index in [0.29, 0.717) is 36.6 Å². The third kappa shape index (κ3) is 5.09. The summed E-state index contributed by atoms with van der Waals surface area (Å²) in [5.74, 6) is -0.600. The van der Waals surface area contributed by atoms with Crippen molar-refractivity contribution >= 4 is 55.3 Å². The molecule has 3 heterocycles. The van der Waals surface area contributed by atoms with Crippen molar-refractivity contribution in [2.24, 2.45) is 0 Å². The average Bonchev–Trinajstić information content (AvgIpc) is 3.31. The van der Waals surface area contributed by atoms with Gasteiger partial charge in [-0.25, -0.2) is 9.48 Å². The monoisotopic (exact) mass is 635 g/mol. The van der Waals surface area contributed by atoms with E-state index < -0.39 is 12.1 Å². The summed E-state index contributed by atoms with van der Waals surface area (Å²) in [7, 11) is 0. The van der Waals surface area contributed by atoms with E-state index in [-0.39, 0.29) is 18.0 Å². The number of aromatic nitrogens is 3. The molecule has 0 N–H and O–H groups in total. The van der Waals surface area contributed by atoms with E-state index in [1.807, 2.05) is 41.4 Å². The Bertz CT molecular complexity index is 1320. The zero-order valence-corrected chi connectivity index (χ0v) is 23.6. The van der Waals surface area contributed by atoms with Crippen LogP contribution in [0.4, 0.5) is 0 Å². The summed E-state index contributed by atoms with van der Waals surface area (Å²) < 4.78 is 8.92. The highest BCUT2D eigenvalue weighted by Gasteiger charge is 2.38. The van der Waals surface area contributed by atoms with E-state index in [9.17, 15) is 9.59 Å². The first-order valence-corrected chi connectivity index (χ1v) is 13.6. The number of ether oxygens (including phenoxy) is 1. The quantitative estimate of drug-likeness (QED) is 0.388. The molecule has 1 aromatic heterocycles. The molecule has 0 radical (unpaired) electrons. The second kappa shape index (κ2) is 10.2. The van der Waals surface area contributed by atoms with Crippen LogP contribution >= 0.6 is 43.5 Å². The van der Waals surface area contributed by atoms with Crippen LogP contribution in [-0.2, 0) is 22.5 Å². The summed E-state index contributed by atoms with van der Waals surface area (Å²) in [6, 6.07) is 11.2. The van der Waals surface area contributed by atoms with E-state index in [1.54, 1.807) is 10.7 Å². The largest absolute Gasteiger partial charge is 0.448 e. The fraction of sp³-hybridized carbons (Fsp3) is 0.360. The van der Waals surface area contributed by atoms with Gasteiger partial charge in [0, 0.05) is 52.1 Å². The minimum absolute atomic E-state index is 0.0864. The molecule has 188 valence electrons. The molecule has 2 aliphatic heterocycles. The van der Waals surface area contributed by atoms with Crippen LogP contribution in [-0.4, -0.2) is 67.9 Å². The Balaban J connectivity index is 1.25. The van der Waals surface area contributed by atoms with Crippen LogP contribution < -0.4 is 0 Å². The molecule has 3 aromatic rings. The Morgan fingerprint density at radius 1 is 1.14 bits per heavy atom. The summed E-state index contributed by atoms with van der Waals surface area (Å²) in [4.78, 5) is 30.0. The first-order valence-electron chi connectivity index (χ1n) is 11.6. The molecule has 1 amide bonds. The number of hydrogen-bond acceptors (Lipinski definition) is 6. The molecule has 8 nitrogen and oxygen atoms in total. The standard InChI is InChI=1S/C25H24Br2ClN5O3/c1-14-10-31(24(34)23-7-16-3-4-17(26)8-20(16)25(35)36-23)11-15(2)32(14)12-19-13-33(30-29-19)22-9-18(28)5-6-21(22)27/h3-6,8-9,13-15,23H,7,10-12H2,1-2H3/t14-,15+,23?. The number of esters is 1. The van der Waals surface area contributed by atoms with Gasteiger partial charge in [0.1, 0.15) is 0 Å². The summed E-state index contributed by atoms with van der Waals surface area (Å²) >= 11 is 13.1.